The highest BCUT2D eigenvalue weighted by Crippen LogP contribution is 2.28. The Balaban J connectivity index is 1.60. The number of oxime groups is 1. The number of carbonyl (C=O) groups is 3. The summed E-state index contributed by atoms with van der Waals surface area (Å²) in [6.07, 6.45) is 0.924. The van der Waals surface area contributed by atoms with E-state index in [9.17, 15) is 14.4 Å². The van der Waals surface area contributed by atoms with Gasteiger partial charge in [0.05, 0.1) is 0 Å². The number of carboxylic acid groups (broad SMARTS) is 1. The fourth-order valence-electron chi connectivity index (χ4n) is 1.62. The third kappa shape index (κ3) is 3.67. The lowest BCUT2D eigenvalue weighted by Crippen LogP contribution is -2.40. The molecular formula is C11H15N3O5. The summed E-state index contributed by atoms with van der Waals surface area (Å²) in [7, 11) is 0. The molecule has 8 nitrogen and oxygen atoms in total. The van der Waals surface area contributed by atoms with Crippen LogP contribution < -0.4 is 10.6 Å². The van der Waals surface area contributed by atoms with E-state index in [1.54, 1.807) is 0 Å². The van der Waals surface area contributed by atoms with Gasteiger partial charge in [0.15, 0.2) is 5.71 Å². The Morgan fingerprint density at radius 2 is 1.84 bits per heavy atom. The standard InChI is InChI=1S/C11H15N3O5/c15-9(6-1-2-6)12-3-4-13-10(16)8-5-7(11(17)18)14-19-8/h6,8H,1-5H2,(H,12,15)(H,13,16)(H,17,18). The van der Waals surface area contributed by atoms with Crippen LogP contribution in [0.15, 0.2) is 5.16 Å². The molecule has 1 atom stereocenters. The minimum Gasteiger partial charge on any atom is -0.477 e. The molecule has 3 N–H and O–H groups in total. The van der Waals surface area contributed by atoms with Crippen molar-refractivity contribution in [3.63, 3.8) is 0 Å². The van der Waals surface area contributed by atoms with Gasteiger partial charge in [-0.05, 0) is 12.8 Å². The number of rotatable bonds is 6. The summed E-state index contributed by atoms with van der Waals surface area (Å²) in [5.74, 6) is -1.46. The molecule has 0 aromatic carbocycles. The second-order valence-electron chi connectivity index (χ2n) is 4.50. The minimum absolute atomic E-state index is 0.0165. The molecule has 1 unspecified atom stereocenters. The predicted molar refractivity (Wildman–Crippen MR) is 63.3 cm³/mol. The Hall–Kier alpha value is -2.12. The average Bonchev–Trinajstić information content (AvgIpc) is 3.10. The number of nitrogens with zero attached hydrogens (tertiary/aromatic N) is 1. The number of carbonyl (C=O) groups excluding carboxylic acids is 2. The SMILES string of the molecule is O=C(O)C1=NOC(C(=O)NCCNC(=O)C2CC2)C1. The molecule has 0 aromatic heterocycles. The van der Waals surface area contributed by atoms with Crippen molar-refractivity contribution in [3.05, 3.63) is 0 Å². The third-order valence-electron chi connectivity index (χ3n) is 2.88. The molecule has 8 heteroatoms. The highest BCUT2D eigenvalue weighted by atomic mass is 16.6. The molecule has 1 aliphatic carbocycles. The third-order valence-corrected chi connectivity index (χ3v) is 2.88. The van der Waals surface area contributed by atoms with E-state index in [0.29, 0.717) is 6.54 Å². The maximum absolute atomic E-state index is 11.6. The highest BCUT2D eigenvalue weighted by molar-refractivity contribution is 6.36. The Kier molecular flexibility index (Phi) is 3.98. The zero-order chi connectivity index (χ0) is 13.8. The molecule has 0 bridgehead atoms. The lowest BCUT2D eigenvalue weighted by molar-refractivity contribution is -0.131. The van der Waals surface area contributed by atoms with Gasteiger partial charge in [-0.2, -0.15) is 0 Å². The molecule has 2 rings (SSSR count). The van der Waals surface area contributed by atoms with Gasteiger partial charge in [-0.1, -0.05) is 5.16 Å². The zero-order valence-corrected chi connectivity index (χ0v) is 10.2. The molecule has 0 aromatic rings. The van der Waals surface area contributed by atoms with Gasteiger partial charge in [-0.15, -0.1) is 0 Å². The Morgan fingerprint density at radius 1 is 1.21 bits per heavy atom. The van der Waals surface area contributed by atoms with Gasteiger partial charge in [0.25, 0.3) is 5.91 Å². The summed E-state index contributed by atoms with van der Waals surface area (Å²) in [6, 6.07) is 0. The number of amides is 2. The van der Waals surface area contributed by atoms with E-state index in [1.807, 2.05) is 0 Å². The van der Waals surface area contributed by atoms with Crippen LogP contribution in [0, 0.1) is 5.92 Å². The molecule has 0 saturated heterocycles. The van der Waals surface area contributed by atoms with Crippen LogP contribution in [0.5, 0.6) is 0 Å². The first-order valence-corrected chi connectivity index (χ1v) is 6.09. The van der Waals surface area contributed by atoms with E-state index in [0.717, 1.165) is 12.8 Å². The van der Waals surface area contributed by atoms with Crippen LogP contribution in [-0.4, -0.2) is 47.8 Å². The van der Waals surface area contributed by atoms with Crippen LogP contribution in [0.1, 0.15) is 19.3 Å². The summed E-state index contributed by atoms with van der Waals surface area (Å²) in [4.78, 5) is 38.2. The first-order chi connectivity index (χ1) is 9.08. The zero-order valence-electron chi connectivity index (χ0n) is 10.2. The van der Waals surface area contributed by atoms with Gasteiger partial charge in [-0.25, -0.2) is 4.79 Å². The molecule has 2 aliphatic rings. The van der Waals surface area contributed by atoms with E-state index >= 15 is 0 Å². The number of hydrogen-bond acceptors (Lipinski definition) is 5. The van der Waals surface area contributed by atoms with Gasteiger partial charge in [0, 0.05) is 25.4 Å². The summed E-state index contributed by atoms with van der Waals surface area (Å²) in [5.41, 5.74) is -0.165. The number of carboxylic acids is 1. The van der Waals surface area contributed by atoms with E-state index in [1.165, 1.54) is 0 Å². The van der Waals surface area contributed by atoms with Crippen LogP contribution in [0.3, 0.4) is 0 Å². The van der Waals surface area contributed by atoms with Crippen molar-refractivity contribution in [2.45, 2.75) is 25.4 Å². The Morgan fingerprint density at radius 3 is 2.37 bits per heavy atom. The molecule has 1 aliphatic heterocycles. The number of nitrogens with one attached hydrogen (secondary N) is 2. The van der Waals surface area contributed by atoms with Crippen LogP contribution in [0.25, 0.3) is 0 Å². The van der Waals surface area contributed by atoms with Gasteiger partial charge in [-0.3, -0.25) is 9.59 Å². The van der Waals surface area contributed by atoms with Crippen LogP contribution >= 0.6 is 0 Å². The summed E-state index contributed by atoms with van der Waals surface area (Å²) in [6.45, 7) is 0.625. The van der Waals surface area contributed by atoms with Crippen molar-refractivity contribution in [1.29, 1.82) is 0 Å². The Labute approximate surface area is 109 Å². The quantitative estimate of drug-likeness (QED) is 0.527. The van der Waals surface area contributed by atoms with Gasteiger partial charge < -0.3 is 20.6 Å². The van der Waals surface area contributed by atoms with Gasteiger partial charge in [0.2, 0.25) is 12.0 Å². The minimum atomic E-state index is -1.19. The van der Waals surface area contributed by atoms with Crippen molar-refractivity contribution in [1.82, 2.24) is 10.6 Å². The topological polar surface area (TPSA) is 117 Å². The predicted octanol–water partition coefficient (Wildman–Crippen LogP) is -1.14. The summed E-state index contributed by atoms with van der Waals surface area (Å²) in [5, 5.41) is 17.2. The first-order valence-electron chi connectivity index (χ1n) is 6.09. The van der Waals surface area contributed by atoms with Crippen molar-refractivity contribution >= 4 is 23.5 Å². The van der Waals surface area contributed by atoms with E-state index in [4.69, 9.17) is 9.94 Å². The fourth-order valence-corrected chi connectivity index (χ4v) is 1.62. The largest absolute Gasteiger partial charge is 0.477 e. The second kappa shape index (κ2) is 5.68. The molecule has 1 saturated carbocycles. The summed E-state index contributed by atoms with van der Waals surface area (Å²) < 4.78 is 0. The fraction of sp³-hybridized carbons (Fsp3) is 0.636. The normalized spacial score (nSPS) is 21.3. The highest BCUT2D eigenvalue weighted by Gasteiger charge is 2.31. The molecule has 104 valence electrons. The van der Waals surface area contributed by atoms with E-state index in [-0.39, 0.29) is 30.5 Å². The second-order valence-corrected chi connectivity index (χ2v) is 4.50. The van der Waals surface area contributed by atoms with Gasteiger partial charge >= 0.3 is 5.97 Å². The van der Waals surface area contributed by atoms with Crippen molar-refractivity contribution in [3.8, 4) is 0 Å². The summed E-state index contributed by atoms with van der Waals surface area (Å²) >= 11 is 0. The first kappa shape index (κ1) is 13.3. The molecular weight excluding hydrogens is 254 g/mol. The average molecular weight is 269 g/mol. The maximum atomic E-state index is 11.6. The van der Waals surface area contributed by atoms with E-state index < -0.39 is 18.0 Å². The van der Waals surface area contributed by atoms with Crippen LogP contribution in [-0.2, 0) is 19.2 Å². The van der Waals surface area contributed by atoms with Crippen molar-refractivity contribution in [2.24, 2.45) is 11.1 Å². The monoisotopic (exact) mass is 269 g/mol. The molecule has 1 fully saturated rings. The lowest BCUT2D eigenvalue weighted by Gasteiger charge is -2.09. The molecule has 19 heavy (non-hydrogen) atoms. The van der Waals surface area contributed by atoms with Crippen molar-refractivity contribution in [2.75, 3.05) is 13.1 Å². The van der Waals surface area contributed by atoms with Gasteiger partial charge in [0.1, 0.15) is 0 Å². The molecule has 1 heterocycles. The van der Waals surface area contributed by atoms with Crippen LogP contribution in [0.4, 0.5) is 0 Å². The smallest absolute Gasteiger partial charge is 0.353 e. The lowest BCUT2D eigenvalue weighted by atomic mass is 10.2. The van der Waals surface area contributed by atoms with Crippen LogP contribution in [0.2, 0.25) is 0 Å². The van der Waals surface area contributed by atoms with E-state index in [2.05, 4.69) is 15.8 Å². The number of hydrogen-bond donors (Lipinski definition) is 3. The molecule has 0 spiro atoms. The molecule has 0 radical (unpaired) electrons. The molecule has 2 amide bonds. The van der Waals surface area contributed by atoms with Crippen molar-refractivity contribution < 1.29 is 24.3 Å². The number of aliphatic carboxylic acids is 1. The Bertz CT molecular complexity index is 430. The maximum Gasteiger partial charge on any atom is 0.353 e.